The van der Waals surface area contributed by atoms with Crippen LogP contribution < -0.4 is 5.32 Å². The number of thioether (sulfide) groups is 1. The van der Waals surface area contributed by atoms with Gasteiger partial charge in [-0.2, -0.15) is 11.8 Å². The lowest BCUT2D eigenvalue weighted by Crippen LogP contribution is -2.31. The molecule has 1 aliphatic rings. The zero-order chi connectivity index (χ0) is 14.7. The molecule has 0 spiro atoms. The summed E-state index contributed by atoms with van der Waals surface area (Å²) in [5.41, 5.74) is 0.701. The van der Waals surface area contributed by atoms with Crippen LogP contribution in [0.2, 0.25) is 0 Å². The van der Waals surface area contributed by atoms with Gasteiger partial charge in [0.15, 0.2) is 0 Å². The minimum absolute atomic E-state index is 0.152. The Bertz CT molecular complexity index is 541. The third kappa shape index (κ3) is 3.32. The van der Waals surface area contributed by atoms with Crippen molar-refractivity contribution in [3.05, 3.63) is 34.1 Å². The van der Waals surface area contributed by atoms with Crippen molar-refractivity contribution >= 4 is 39.6 Å². The van der Waals surface area contributed by atoms with Crippen LogP contribution in [0.15, 0.2) is 22.7 Å². The normalized spacial score (nSPS) is 18.6. The van der Waals surface area contributed by atoms with Crippen molar-refractivity contribution in [2.24, 2.45) is 0 Å². The summed E-state index contributed by atoms with van der Waals surface area (Å²) < 4.78 is 13.5. The van der Waals surface area contributed by atoms with E-state index in [2.05, 4.69) is 21.2 Å². The van der Waals surface area contributed by atoms with Gasteiger partial charge in [0, 0.05) is 0 Å². The van der Waals surface area contributed by atoms with Crippen molar-refractivity contribution in [2.45, 2.75) is 19.0 Å². The summed E-state index contributed by atoms with van der Waals surface area (Å²) in [5.74, 6) is 0.223. The van der Waals surface area contributed by atoms with E-state index in [4.69, 9.17) is 0 Å². The predicted octanol–water partition coefficient (Wildman–Crippen LogP) is 2.76. The van der Waals surface area contributed by atoms with Crippen molar-refractivity contribution < 1.29 is 14.0 Å². The van der Waals surface area contributed by atoms with Crippen LogP contribution in [0.5, 0.6) is 0 Å². The molecule has 0 bridgehead atoms. The van der Waals surface area contributed by atoms with Crippen LogP contribution in [0.1, 0.15) is 12.0 Å². The second-order valence-electron chi connectivity index (χ2n) is 4.46. The average Bonchev–Trinajstić information content (AvgIpc) is 2.68. The van der Waals surface area contributed by atoms with E-state index in [-0.39, 0.29) is 24.3 Å². The lowest BCUT2D eigenvalue weighted by molar-refractivity contribution is -0.127. The minimum atomic E-state index is -0.446. The maximum absolute atomic E-state index is 13.2. The smallest absolute Gasteiger partial charge is 0.325 e. The Labute approximate surface area is 129 Å². The van der Waals surface area contributed by atoms with Crippen LogP contribution in [0.25, 0.3) is 0 Å². The van der Waals surface area contributed by atoms with Crippen molar-refractivity contribution in [1.82, 2.24) is 10.2 Å². The molecule has 0 aromatic heterocycles. The van der Waals surface area contributed by atoms with Gasteiger partial charge in [-0.05, 0) is 52.1 Å². The number of nitrogens with one attached hydrogen (secondary N) is 1. The molecule has 20 heavy (non-hydrogen) atoms. The molecule has 0 saturated carbocycles. The second kappa shape index (κ2) is 6.58. The van der Waals surface area contributed by atoms with Gasteiger partial charge in [-0.1, -0.05) is 6.07 Å². The fourth-order valence-corrected chi connectivity index (χ4v) is 2.88. The molecule has 1 aromatic carbocycles. The largest absolute Gasteiger partial charge is 0.326 e. The lowest BCUT2D eigenvalue weighted by atomic mass is 10.2. The van der Waals surface area contributed by atoms with Gasteiger partial charge in [0.25, 0.3) is 5.91 Å². The molecule has 2 rings (SSSR count). The van der Waals surface area contributed by atoms with Gasteiger partial charge in [-0.25, -0.2) is 9.18 Å². The number of urea groups is 1. The number of nitrogens with zero attached hydrogens (tertiary/aromatic N) is 1. The summed E-state index contributed by atoms with van der Waals surface area (Å²) in [6.45, 7) is 0.152. The molecule has 1 aliphatic heterocycles. The van der Waals surface area contributed by atoms with Gasteiger partial charge in [0.1, 0.15) is 11.9 Å². The van der Waals surface area contributed by atoms with Crippen LogP contribution in [-0.4, -0.2) is 34.9 Å². The molecule has 0 unspecified atom stereocenters. The van der Waals surface area contributed by atoms with Crippen LogP contribution in [-0.2, 0) is 11.3 Å². The number of hydrogen-bond donors (Lipinski definition) is 1. The monoisotopic (exact) mass is 360 g/mol. The number of rotatable bonds is 5. The Balaban J connectivity index is 2.07. The van der Waals surface area contributed by atoms with E-state index in [9.17, 15) is 14.0 Å². The van der Waals surface area contributed by atoms with E-state index in [1.165, 1.54) is 11.0 Å². The molecule has 4 nitrogen and oxygen atoms in total. The summed E-state index contributed by atoms with van der Waals surface area (Å²) in [7, 11) is 0. The molecule has 108 valence electrons. The Morgan fingerprint density at radius 1 is 1.45 bits per heavy atom. The van der Waals surface area contributed by atoms with Crippen molar-refractivity contribution in [3.8, 4) is 0 Å². The summed E-state index contributed by atoms with van der Waals surface area (Å²) in [4.78, 5) is 25.1. The molecular weight excluding hydrogens is 347 g/mol. The van der Waals surface area contributed by atoms with Gasteiger partial charge in [-0.3, -0.25) is 9.69 Å². The number of benzene rings is 1. The minimum Gasteiger partial charge on any atom is -0.326 e. The Hall–Kier alpha value is -1.08. The first-order valence-electron chi connectivity index (χ1n) is 6.07. The first-order valence-corrected chi connectivity index (χ1v) is 8.26. The van der Waals surface area contributed by atoms with Gasteiger partial charge in [0.05, 0.1) is 11.0 Å². The highest BCUT2D eigenvalue weighted by Crippen LogP contribution is 2.20. The Morgan fingerprint density at radius 2 is 2.20 bits per heavy atom. The third-order valence-corrected chi connectivity index (χ3v) is 4.29. The topological polar surface area (TPSA) is 49.4 Å². The van der Waals surface area contributed by atoms with E-state index in [0.29, 0.717) is 16.5 Å². The number of imide groups is 1. The van der Waals surface area contributed by atoms with Gasteiger partial charge < -0.3 is 5.32 Å². The quantitative estimate of drug-likeness (QED) is 0.821. The molecule has 1 saturated heterocycles. The molecule has 1 heterocycles. The fourth-order valence-electron chi connectivity index (χ4n) is 1.98. The summed E-state index contributed by atoms with van der Waals surface area (Å²) in [5, 5.41) is 2.67. The van der Waals surface area contributed by atoms with Crippen LogP contribution in [0.3, 0.4) is 0 Å². The summed E-state index contributed by atoms with van der Waals surface area (Å²) in [6, 6.07) is 3.62. The SMILES string of the molecule is CSCC[C@@H]1NC(=O)N(Cc2ccc(F)c(Br)c2)C1=O. The van der Waals surface area contributed by atoms with Crippen LogP contribution in [0.4, 0.5) is 9.18 Å². The van der Waals surface area contributed by atoms with Gasteiger partial charge in [-0.15, -0.1) is 0 Å². The highest BCUT2D eigenvalue weighted by Gasteiger charge is 2.37. The first kappa shape index (κ1) is 15.3. The maximum Gasteiger partial charge on any atom is 0.325 e. The van der Waals surface area contributed by atoms with Gasteiger partial charge in [0.2, 0.25) is 0 Å². The summed E-state index contributed by atoms with van der Waals surface area (Å²) >= 11 is 4.72. The number of hydrogen-bond acceptors (Lipinski definition) is 3. The molecule has 1 atom stereocenters. The molecule has 3 amide bonds. The highest BCUT2D eigenvalue weighted by atomic mass is 79.9. The lowest BCUT2D eigenvalue weighted by Gasteiger charge is -2.13. The van der Waals surface area contributed by atoms with E-state index >= 15 is 0 Å². The number of carbonyl (C=O) groups is 2. The Morgan fingerprint density at radius 3 is 2.85 bits per heavy atom. The van der Waals surface area contributed by atoms with Crippen LogP contribution in [0, 0.1) is 5.82 Å². The average molecular weight is 361 g/mol. The van der Waals surface area contributed by atoms with E-state index in [0.717, 1.165) is 5.75 Å². The van der Waals surface area contributed by atoms with Crippen LogP contribution >= 0.6 is 27.7 Å². The second-order valence-corrected chi connectivity index (χ2v) is 6.30. The fraction of sp³-hybridized carbons (Fsp3) is 0.385. The molecule has 7 heteroatoms. The van der Waals surface area contributed by atoms with Crippen molar-refractivity contribution in [2.75, 3.05) is 12.0 Å². The van der Waals surface area contributed by atoms with Gasteiger partial charge >= 0.3 is 6.03 Å². The van der Waals surface area contributed by atoms with Crippen molar-refractivity contribution in [1.29, 1.82) is 0 Å². The first-order chi connectivity index (χ1) is 9.52. The number of amides is 3. The van der Waals surface area contributed by atoms with Crippen molar-refractivity contribution in [3.63, 3.8) is 0 Å². The zero-order valence-corrected chi connectivity index (χ0v) is 13.3. The van der Waals surface area contributed by atoms with E-state index in [1.54, 1.807) is 23.9 Å². The number of carbonyl (C=O) groups excluding carboxylic acids is 2. The molecule has 1 aromatic rings. The standard InChI is InChI=1S/C13H14BrFN2O2S/c1-20-5-4-11-12(18)17(13(19)16-11)7-8-2-3-10(15)9(14)6-8/h2-3,6,11H,4-5,7H2,1H3,(H,16,19)/t11-/m0/s1. The molecule has 0 radical (unpaired) electrons. The van der Waals surface area contributed by atoms with E-state index < -0.39 is 6.04 Å². The van der Waals surface area contributed by atoms with E-state index in [1.807, 2.05) is 6.26 Å². The predicted molar refractivity (Wildman–Crippen MR) is 80.0 cm³/mol. The molecule has 1 N–H and O–H groups in total. The molecule has 0 aliphatic carbocycles. The Kier molecular flexibility index (Phi) is 5.04. The third-order valence-electron chi connectivity index (χ3n) is 3.04. The molecular formula is C13H14BrFN2O2S. The highest BCUT2D eigenvalue weighted by molar-refractivity contribution is 9.10. The summed E-state index contributed by atoms with van der Waals surface area (Å²) in [6.07, 6.45) is 2.57. The maximum atomic E-state index is 13.2. The molecule has 1 fully saturated rings. The zero-order valence-electron chi connectivity index (χ0n) is 10.9. The number of halogens is 2.